The van der Waals surface area contributed by atoms with Crippen LogP contribution in [0.15, 0.2) is 30.3 Å². The van der Waals surface area contributed by atoms with Crippen molar-refractivity contribution in [2.45, 2.75) is 96.8 Å². The third kappa shape index (κ3) is 14.3. The lowest BCUT2D eigenvalue weighted by Gasteiger charge is -2.06. The standard InChI is InChI=1S/C25H40O3/c1-2-3-4-5-6-7-8-9-10-11-12-13-14-15-22-28-24-19-16-23(17-20-24)18-21-25(26)27/h16-21H,2-15,22H2,1H3,(H,26,27)/b21-18+. The fourth-order valence-electron chi connectivity index (χ4n) is 3.33. The summed E-state index contributed by atoms with van der Waals surface area (Å²) in [5.74, 6) is -0.0831. The summed E-state index contributed by atoms with van der Waals surface area (Å²) in [7, 11) is 0. The van der Waals surface area contributed by atoms with E-state index in [2.05, 4.69) is 6.92 Å². The Bertz CT molecular complexity index is 519. The molecule has 0 unspecified atom stereocenters. The highest BCUT2D eigenvalue weighted by Crippen LogP contribution is 2.15. The van der Waals surface area contributed by atoms with E-state index in [9.17, 15) is 4.79 Å². The zero-order valence-electron chi connectivity index (χ0n) is 17.8. The molecule has 0 saturated carbocycles. The molecule has 0 amide bonds. The quantitative estimate of drug-likeness (QED) is 0.207. The second-order valence-electron chi connectivity index (χ2n) is 7.69. The van der Waals surface area contributed by atoms with Gasteiger partial charge in [0.05, 0.1) is 6.61 Å². The Kier molecular flexibility index (Phi) is 15.0. The molecule has 3 nitrogen and oxygen atoms in total. The van der Waals surface area contributed by atoms with E-state index in [1.807, 2.05) is 24.3 Å². The van der Waals surface area contributed by atoms with Gasteiger partial charge >= 0.3 is 5.97 Å². The van der Waals surface area contributed by atoms with Crippen molar-refractivity contribution in [3.8, 4) is 5.75 Å². The summed E-state index contributed by atoms with van der Waals surface area (Å²) in [5.41, 5.74) is 0.867. The number of aliphatic carboxylic acids is 1. The Morgan fingerprint density at radius 1 is 0.786 bits per heavy atom. The third-order valence-electron chi connectivity index (χ3n) is 5.07. The first-order valence-electron chi connectivity index (χ1n) is 11.4. The molecular weight excluding hydrogens is 348 g/mol. The third-order valence-corrected chi connectivity index (χ3v) is 5.07. The minimum Gasteiger partial charge on any atom is -0.494 e. The normalized spacial score (nSPS) is 11.2. The molecule has 0 heterocycles. The highest BCUT2D eigenvalue weighted by atomic mass is 16.5. The van der Waals surface area contributed by atoms with Crippen LogP contribution in [0.3, 0.4) is 0 Å². The van der Waals surface area contributed by atoms with Gasteiger partial charge < -0.3 is 9.84 Å². The Labute approximate surface area is 172 Å². The molecule has 0 atom stereocenters. The molecule has 1 N–H and O–H groups in total. The zero-order valence-corrected chi connectivity index (χ0v) is 17.8. The molecule has 1 aromatic carbocycles. The number of carbonyl (C=O) groups is 1. The molecule has 0 aromatic heterocycles. The zero-order chi connectivity index (χ0) is 20.3. The van der Waals surface area contributed by atoms with Gasteiger partial charge in [-0.2, -0.15) is 0 Å². The van der Waals surface area contributed by atoms with E-state index in [0.29, 0.717) is 0 Å². The highest BCUT2D eigenvalue weighted by molar-refractivity contribution is 5.85. The topological polar surface area (TPSA) is 46.5 Å². The van der Waals surface area contributed by atoms with Gasteiger partial charge in [0.15, 0.2) is 0 Å². The van der Waals surface area contributed by atoms with Gasteiger partial charge in [-0.1, -0.05) is 103 Å². The number of ether oxygens (including phenoxy) is 1. The lowest BCUT2D eigenvalue weighted by atomic mass is 10.0. The molecule has 0 aliphatic rings. The van der Waals surface area contributed by atoms with Crippen LogP contribution < -0.4 is 4.74 Å². The van der Waals surface area contributed by atoms with Crippen molar-refractivity contribution in [1.82, 2.24) is 0 Å². The van der Waals surface area contributed by atoms with Crippen molar-refractivity contribution in [2.75, 3.05) is 6.61 Å². The predicted octanol–water partition coefficient (Wildman–Crippen LogP) is 7.64. The first-order chi connectivity index (χ1) is 13.7. The molecule has 0 bridgehead atoms. The average molecular weight is 389 g/mol. The van der Waals surface area contributed by atoms with Gasteiger partial charge in [-0.25, -0.2) is 4.79 Å². The number of carboxylic acid groups (broad SMARTS) is 1. The maximum atomic E-state index is 10.5. The first kappa shape index (κ1) is 24.3. The van der Waals surface area contributed by atoms with Gasteiger partial charge in [-0.3, -0.25) is 0 Å². The smallest absolute Gasteiger partial charge is 0.328 e. The number of carboxylic acids is 1. The summed E-state index contributed by atoms with van der Waals surface area (Å²) in [4.78, 5) is 10.5. The van der Waals surface area contributed by atoms with E-state index in [4.69, 9.17) is 9.84 Å². The molecule has 158 valence electrons. The van der Waals surface area contributed by atoms with E-state index in [0.717, 1.165) is 30.4 Å². The molecular formula is C25H40O3. The number of rotatable bonds is 18. The molecule has 1 rings (SSSR count). The first-order valence-corrected chi connectivity index (χ1v) is 11.4. The van der Waals surface area contributed by atoms with E-state index in [-0.39, 0.29) is 0 Å². The summed E-state index contributed by atoms with van der Waals surface area (Å²) in [6.07, 6.45) is 21.8. The summed E-state index contributed by atoms with van der Waals surface area (Å²) in [5, 5.41) is 8.62. The molecule has 0 saturated heterocycles. The molecule has 28 heavy (non-hydrogen) atoms. The minimum absolute atomic E-state index is 0.752. The van der Waals surface area contributed by atoms with Crippen LogP contribution in [-0.2, 0) is 4.79 Å². The van der Waals surface area contributed by atoms with Crippen molar-refractivity contribution in [1.29, 1.82) is 0 Å². The monoisotopic (exact) mass is 388 g/mol. The minimum atomic E-state index is -0.932. The number of unbranched alkanes of at least 4 members (excludes halogenated alkanes) is 13. The van der Waals surface area contributed by atoms with Crippen molar-refractivity contribution in [2.24, 2.45) is 0 Å². The van der Waals surface area contributed by atoms with E-state index < -0.39 is 5.97 Å². The molecule has 3 heteroatoms. The van der Waals surface area contributed by atoms with Crippen LogP contribution in [0, 0.1) is 0 Å². The van der Waals surface area contributed by atoms with Gasteiger partial charge in [-0.15, -0.1) is 0 Å². The van der Waals surface area contributed by atoms with Gasteiger partial charge in [0.25, 0.3) is 0 Å². The Balaban J connectivity index is 1.88. The summed E-state index contributed by atoms with van der Waals surface area (Å²) >= 11 is 0. The largest absolute Gasteiger partial charge is 0.494 e. The molecule has 0 aliphatic heterocycles. The van der Waals surface area contributed by atoms with Crippen molar-refractivity contribution in [3.05, 3.63) is 35.9 Å². The van der Waals surface area contributed by atoms with Crippen LogP contribution in [-0.4, -0.2) is 17.7 Å². The van der Waals surface area contributed by atoms with Crippen molar-refractivity contribution < 1.29 is 14.6 Å². The summed E-state index contributed by atoms with van der Waals surface area (Å²) in [6, 6.07) is 7.54. The van der Waals surface area contributed by atoms with E-state index >= 15 is 0 Å². The van der Waals surface area contributed by atoms with Gasteiger partial charge in [0, 0.05) is 6.08 Å². The second kappa shape index (κ2) is 17.3. The maximum absolute atomic E-state index is 10.5. The van der Waals surface area contributed by atoms with Gasteiger partial charge in [0.2, 0.25) is 0 Å². The second-order valence-corrected chi connectivity index (χ2v) is 7.69. The molecule has 1 aromatic rings. The fraction of sp³-hybridized carbons (Fsp3) is 0.640. The van der Waals surface area contributed by atoms with Crippen LogP contribution >= 0.6 is 0 Å². The highest BCUT2D eigenvalue weighted by Gasteiger charge is 1.97. The average Bonchev–Trinajstić information content (AvgIpc) is 2.70. The molecule has 0 radical (unpaired) electrons. The fourth-order valence-corrected chi connectivity index (χ4v) is 3.33. The Hall–Kier alpha value is -1.77. The van der Waals surface area contributed by atoms with Crippen LogP contribution in [0.4, 0.5) is 0 Å². The lowest BCUT2D eigenvalue weighted by Crippen LogP contribution is -1.97. The predicted molar refractivity (Wildman–Crippen MR) is 119 cm³/mol. The Morgan fingerprint density at radius 3 is 1.71 bits per heavy atom. The van der Waals surface area contributed by atoms with Crippen molar-refractivity contribution >= 4 is 12.0 Å². The molecule has 0 fully saturated rings. The number of benzene rings is 1. The van der Waals surface area contributed by atoms with Crippen LogP contribution in [0.5, 0.6) is 5.75 Å². The Morgan fingerprint density at radius 2 is 1.25 bits per heavy atom. The molecule has 0 aliphatic carbocycles. The van der Waals surface area contributed by atoms with Crippen LogP contribution in [0.25, 0.3) is 6.08 Å². The summed E-state index contributed by atoms with van der Waals surface area (Å²) in [6.45, 7) is 3.03. The van der Waals surface area contributed by atoms with Crippen LogP contribution in [0.1, 0.15) is 102 Å². The number of hydrogen-bond donors (Lipinski definition) is 1. The van der Waals surface area contributed by atoms with Gasteiger partial charge in [0.1, 0.15) is 5.75 Å². The maximum Gasteiger partial charge on any atom is 0.328 e. The summed E-state index contributed by atoms with van der Waals surface area (Å²) < 4.78 is 5.75. The van der Waals surface area contributed by atoms with Gasteiger partial charge in [-0.05, 0) is 30.2 Å². The van der Waals surface area contributed by atoms with Crippen LogP contribution in [0.2, 0.25) is 0 Å². The van der Waals surface area contributed by atoms with E-state index in [1.165, 1.54) is 83.5 Å². The lowest BCUT2D eigenvalue weighted by molar-refractivity contribution is -0.131. The number of hydrogen-bond acceptors (Lipinski definition) is 2. The van der Waals surface area contributed by atoms with Crippen molar-refractivity contribution in [3.63, 3.8) is 0 Å². The molecule has 0 spiro atoms. The SMILES string of the molecule is CCCCCCCCCCCCCCCCOc1ccc(/C=C/C(=O)O)cc1. The van der Waals surface area contributed by atoms with E-state index in [1.54, 1.807) is 6.08 Å².